The minimum atomic E-state index is 0. The van der Waals surface area contributed by atoms with Crippen molar-refractivity contribution in [3.8, 4) is 0 Å². The van der Waals surface area contributed by atoms with Gasteiger partial charge < -0.3 is 16.0 Å². The molecule has 0 aliphatic heterocycles. The van der Waals surface area contributed by atoms with Gasteiger partial charge in [0.05, 0.1) is 0 Å². The summed E-state index contributed by atoms with van der Waals surface area (Å²) in [4.78, 5) is 0. The highest BCUT2D eigenvalue weighted by molar-refractivity contribution is 6.29. The van der Waals surface area contributed by atoms with E-state index in [0.29, 0.717) is 11.0 Å². The highest BCUT2D eigenvalue weighted by atomic mass is 35.5. The number of halogens is 1. The summed E-state index contributed by atoms with van der Waals surface area (Å²) >= 11 is 5.37. The molecule has 0 aliphatic carbocycles. The molecule has 0 saturated heterocycles. The van der Waals surface area contributed by atoms with Gasteiger partial charge >= 0.3 is 0 Å². The first-order chi connectivity index (χ1) is 9.74. The number of nitrogens with zero attached hydrogens (tertiary/aromatic N) is 4. The summed E-state index contributed by atoms with van der Waals surface area (Å²) in [6, 6.07) is 6.89. The van der Waals surface area contributed by atoms with Gasteiger partial charge in [0.25, 0.3) is 0 Å². The molecule has 0 radical (unpaired) electrons. The Balaban J connectivity index is -0.000000107. The van der Waals surface area contributed by atoms with Crippen LogP contribution in [0.2, 0.25) is 5.15 Å². The van der Waals surface area contributed by atoms with E-state index in [9.17, 15) is 0 Å². The lowest BCUT2D eigenvalue weighted by molar-refractivity contribution is 0.318. The highest BCUT2D eigenvalue weighted by Gasteiger charge is 1.81. The minimum Gasteiger partial charge on any atom is -0.412 e. The molecule has 120 valence electrons. The van der Waals surface area contributed by atoms with Crippen LogP contribution < -0.4 is 11.3 Å². The normalized spacial score (nSPS) is 7.24. The van der Waals surface area contributed by atoms with E-state index in [-0.39, 0.29) is 13.5 Å². The molecule has 2 aromatic heterocycles. The fraction of sp³-hybridized carbons (Fsp3) is 0.200. The Kier molecular flexibility index (Phi) is 22.7. The van der Waals surface area contributed by atoms with Gasteiger partial charge in [0.2, 0.25) is 0 Å². The van der Waals surface area contributed by atoms with Crippen LogP contribution in [0.25, 0.3) is 0 Å². The Morgan fingerprint density at radius 3 is 1.90 bits per heavy atom. The van der Waals surface area contributed by atoms with Gasteiger partial charge in [-0.1, -0.05) is 11.6 Å². The molecule has 21 heavy (non-hydrogen) atoms. The van der Waals surface area contributed by atoms with Crippen molar-refractivity contribution in [3.63, 3.8) is 0 Å². The van der Waals surface area contributed by atoms with Crippen molar-refractivity contribution < 1.29 is 12.0 Å². The lowest BCUT2D eigenvalue weighted by Crippen LogP contribution is -2.08. The lowest BCUT2D eigenvalue weighted by atomic mass is 10.5. The van der Waals surface area contributed by atoms with Gasteiger partial charge in [0.1, 0.15) is 0 Å². The second kappa shape index (κ2) is 20.1. The SMILES string of the molecule is CCO.Clc1cccnn1.N=N.NNc1cccnn1.O.[HH]. The largest absolute Gasteiger partial charge is 0.412 e. The summed E-state index contributed by atoms with van der Waals surface area (Å²) in [5.41, 5.74) is 12.4. The van der Waals surface area contributed by atoms with E-state index >= 15 is 0 Å². The Morgan fingerprint density at radius 1 is 1.24 bits per heavy atom. The molecule has 0 unspecified atom stereocenters. The maximum atomic E-state index is 7.57. The Bertz CT molecular complexity index is 414. The van der Waals surface area contributed by atoms with Crippen molar-refractivity contribution in [3.05, 3.63) is 41.8 Å². The van der Waals surface area contributed by atoms with Gasteiger partial charge in [-0.2, -0.15) is 10.2 Å². The zero-order valence-corrected chi connectivity index (χ0v) is 12.1. The predicted octanol–water partition coefficient (Wildman–Crippen LogP) is 0.908. The summed E-state index contributed by atoms with van der Waals surface area (Å²) in [5.74, 6) is 5.57. The van der Waals surface area contributed by atoms with Gasteiger partial charge in [-0.05, 0) is 31.2 Å². The number of hydrogen-bond donors (Lipinski definition) is 5. The average Bonchev–Trinajstić information content (AvgIpc) is 2.52. The van der Waals surface area contributed by atoms with E-state index in [4.69, 9.17) is 33.6 Å². The molecule has 0 atom stereocenters. The molecular weight excluding hydrogens is 300 g/mol. The topological polar surface area (TPSA) is 189 Å². The molecule has 8 N–H and O–H groups in total. The van der Waals surface area contributed by atoms with Crippen molar-refractivity contribution in [2.24, 2.45) is 5.84 Å². The molecule has 0 aromatic carbocycles. The predicted molar refractivity (Wildman–Crippen MR) is 80.8 cm³/mol. The van der Waals surface area contributed by atoms with Crippen LogP contribution in [-0.4, -0.2) is 37.6 Å². The van der Waals surface area contributed by atoms with Crippen LogP contribution in [0.3, 0.4) is 0 Å². The third-order valence-corrected chi connectivity index (χ3v) is 1.46. The third kappa shape index (κ3) is 17.7. The number of nitrogen functional groups attached to an aromatic ring is 1. The number of anilines is 1. The maximum Gasteiger partial charge on any atom is 0.162 e. The summed E-state index contributed by atoms with van der Waals surface area (Å²) in [7, 11) is 0. The second-order valence-electron chi connectivity index (χ2n) is 2.62. The van der Waals surface area contributed by atoms with Gasteiger partial charge in [-0.25, -0.2) is 16.9 Å². The van der Waals surface area contributed by atoms with E-state index in [0.717, 1.165) is 0 Å². The van der Waals surface area contributed by atoms with E-state index < -0.39 is 0 Å². The number of hydrazine groups is 1. The van der Waals surface area contributed by atoms with Crippen molar-refractivity contribution in [1.29, 1.82) is 11.1 Å². The number of nitrogens with two attached hydrogens (primary N) is 1. The molecule has 0 fully saturated rings. The number of aromatic nitrogens is 4. The monoisotopic (exact) mass is 320 g/mol. The van der Waals surface area contributed by atoms with Crippen molar-refractivity contribution >= 4 is 17.4 Å². The smallest absolute Gasteiger partial charge is 0.162 e. The number of nitrogens with one attached hydrogen (secondary N) is 3. The van der Waals surface area contributed by atoms with Crippen molar-refractivity contribution in [2.45, 2.75) is 6.92 Å². The van der Waals surface area contributed by atoms with Gasteiger partial charge in [0, 0.05) is 20.4 Å². The molecule has 2 rings (SSSR count). The van der Waals surface area contributed by atoms with Crippen LogP contribution in [0.15, 0.2) is 36.7 Å². The van der Waals surface area contributed by atoms with Crippen LogP contribution in [0, 0.1) is 11.1 Å². The summed E-state index contributed by atoms with van der Waals surface area (Å²) in [6.07, 6.45) is 3.16. The zero-order chi connectivity index (χ0) is 15.6. The van der Waals surface area contributed by atoms with Crippen LogP contribution in [0.4, 0.5) is 5.82 Å². The summed E-state index contributed by atoms with van der Waals surface area (Å²) in [5, 5.41) is 22.2. The van der Waals surface area contributed by atoms with E-state index in [1.165, 1.54) is 0 Å². The molecule has 2 heterocycles. The summed E-state index contributed by atoms with van der Waals surface area (Å²) in [6.45, 7) is 1.93. The Labute approximate surface area is 128 Å². The first-order valence-corrected chi connectivity index (χ1v) is 5.65. The molecule has 10 nitrogen and oxygen atoms in total. The molecule has 0 aliphatic rings. The van der Waals surface area contributed by atoms with Crippen molar-refractivity contribution in [1.82, 2.24) is 20.4 Å². The second-order valence-corrected chi connectivity index (χ2v) is 3.00. The van der Waals surface area contributed by atoms with E-state index in [2.05, 4.69) is 25.8 Å². The zero-order valence-electron chi connectivity index (χ0n) is 11.4. The van der Waals surface area contributed by atoms with Gasteiger partial charge in [0.15, 0.2) is 11.0 Å². The quantitative estimate of drug-likeness (QED) is 0.293. The average molecular weight is 321 g/mol. The van der Waals surface area contributed by atoms with Crippen LogP contribution >= 0.6 is 11.6 Å². The van der Waals surface area contributed by atoms with Crippen LogP contribution in [-0.2, 0) is 0 Å². The molecule has 0 bridgehead atoms. The number of rotatable bonds is 1. The lowest BCUT2D eigenvalue weighted by Gasteiger charge is -1.91. The standard InChI is InChI=1S/C4H3ClN2.C4H6N4.C2H6O.H2N2.H2O.H2/c5-4-2-1-3-6-7-4;5-7-4-2-1-3-6-8-4;1-2-3;1-2;;/h1-3H;1-3H,5H2,(H,7,8);3H,2H2,1H3;1-2H;1H2;1H. The Hall–Kier alpha value is -2.27. The van der Waals surface area contributed by atoms with Crippen LogP contribution in [0.1, 0.15) is 8.35 Å². The summed E-state index contributed by atoms with van der Waals surface area (Å²) < 4.78 is 0. The van der Waals surface area contributed by atoms with Crippen LogP contribution in [0.5, 0.6) is 0 Å². The molecule has 2 aromatic rings. The molecular formula is C10H21ClN8O2. The van der Waals surface area contributed by atoms with Gasteiger partial charge in [-0.15, -0.1) is 10.2 Å². The highest BCUT2D eigenvalue weighted by Crippen LogP contribution is 1.96. The fourth-order valence-electron chi connectivity index (χ4n) is 0.661. The molecule has 11 heteroatoms. The third-order valence-electron chi connectivity index (χ3n) is 1.26. The number of aliphatic hydroxyl groups is 1. The first-order valence-electron chi connectivity index (χ1n) is 5.28. The number of hydrogen-bond acceptors (Lipinski definition) is 9. The Morgan fingerprint density at radius 2 is 1.71 bits per heavy atom. The molecule has 0 spiro atoms. The minimum absolute atomic E-state index is 0. The van der Waals surface area contributed by atoms with Crippen molar-refractivity contribution in [2.75, 3.05) is 12.0 Å². The fourth-order valence-corrected chi connectivity index (χ4v) is 0.778. The van der Waals surface area contributed by atoms with Gasteiger partial charge in [-0.3, -0.25) is 0 Å². The number of aliphatic hydroxyl groups excluding tert-OH is 1. The first kappa shape index (κ1) is 23.8. The van der Waals surface area contributed by atoms with E-state index in [1.54, 1.807) is 43.6 Å². The molecule has 0 saturated carbocycles. The van der Waals surface area contributed by atoms with E-state index in [1.807, 2.05) is 0 Å². The molecule has 0 amide bonds. The maximum absolute atomic E-state index is 7.57.